The van der Waals surface area contributed by atoms with Crippen molar-refractivity contribution in [3.63, 3.8) is 0 Å². The first-order chi connectivity index (χ1) is 8.97. The molecule has 19 heavy (non-hydrogen) atoms. The summed E-state index contributed by atoms with van der Waals surface area (Å²) in [6.07, 6.45) is -0.999. The molecule has 2 aromatic rings. The summed E-state index contributed by atoms with van der Waals surface area (Å²) in [5, 5.41) is 9.98. The van der Waals surface area contributed by atoms with Gasteiger partial charge in [0.25, 0.3) is 0 Å². The van der Waals surface area contributed by atoms with Crippen molar-refractivity contribution in [2.45, 2.75) is 12.5 Å². The summed E-state index contributed by atoms with van der Waals surface area (Å²) in [7, 11) is 0. The third-order valence-corrected chi connectivity index (χ3v) is 3.36. The Bertz CT molecular complexity index is 601. The molecule has 0 bridgehead atoms. The Labute approximate surface area is 116 Å². The van der Waals surface area contributed by atoms with E-state index in [1.807, 2.05) is 0 Å². The Morgan fingerprint density at radius 1 is 1.00 bits per heavy atom. The van der Waals surface area contributed by atoms with Gasteiger partial charge in [-0.2, -0.15) is 0 Å². The van der Waals surface area contributed by atoms with Gasteiger partial charge in [0.2, 0.25) is 0 Å². The van der Waals surface area contributed by atoms with E-state index >= 15 is 0 Å². The Kier molecular flexibility index (Phi) is 4.27. The molecule has 0 spiro atoms. The first-order valence-electron chi connectivity index (χ1n) is 5.54. The molecule has 0 saturated carbocycles. The van der Waals surface area contributed by atoms with Crippen molar-refractivity contribution in [1.29, 1.82) is 0 Å². The highest BCUT2D eigenvalue weighted by molar-refractivity contribution is 9.10. The van der Waals surface area contributed by atoms with Gasteiger partial charge in [-0.05, 0) is 45.3 Å². The van der Waals surface area contributed by atoms with Crippen LogP contribution in [0, 0.1) is 17.5 Å². The van der Waals surface area contributed by atoms with Crippen LogP contribution in [0.3, 0.4) is 0 Å². The zero-order chi connectivity index (χ0) is 14.0. The van der Waals surface area contributed by atoms with Crippen LogP contribution < -0.4 is 0 Å². The van der Waals surface area contributed by atoms with Crippen LogP contribution in [0.5, 0.6) is 0 Å². The molecular formula is C14H10BrF3O. The molecule has 2 rings (SSSR count). The van der Waals surface area contributed by atoms with E-state index in [1.165, 1.54) is 24.3 Å². The fourth-order valence-corrected chi connectivity index (χ4v) is 2.13. The Hall–Kier alpha value is -1.33. The minimum absolute atomic E-state index is 0.00974. The minimum Gasteiger partial charge on any atom is -0.388 e. The van der Waals surface area contributed by atoms with Crippen molar-refractivity contribution in [3.8, 4) is 0 Å². The van der Waals surface area contributed by atoms with E-state index in [1.54, 1.807) is 0 Å². The Balaban J connectivity index is 2.20. The van der Waals surface area contributed by atoms with Gasteiger partial charge in [-0.1, -0.05) is 12.1 Å². The van der Waals surface area contributed by atoms with Crippen molar-refractivity contribution in [2.24, 2.45) is 0 Å². The molecule has 2 aromatic carbocycles. The maximum Gasteiger partial charge on any atom is 0.137 e. The molecule has 0 heterocycles. The second kappa shape index (κ2) is 5.75. The van der Waals surface area contributed by atoms with E-state index in [9.17, 15) is 18.3 Å². The van der Waals surface area contributed by atoms with Crippen LogP contribution in [-0.4, -0.2) is 5.11 Å². The highest BCUT2D eigenvalue weighted by Gasteiger charge is 2.13. The van der Waals surface area contributed by atoms with Gasteiger partial charge in [-0.15, -0.1) is 0 Å². The topological polar surface area (TPSA) is 20.2 Å². The highest BCUT2D eigenvalue weighted by Crippen LogP contribution is 2.24. The van der Waals surface area contributed by atoms with Gasteiger partial charge in [0, 0.05) is 12.5 Å². The lowest BCUT2D eigenvalue weighted by molar-refractivity contribution is 0.177. The van der Waals surface area contributed by atoms with Gasteiger partial charge in [-0.3, -0.25) is 0 Å². The number of benzene rings is 2. The van der Waals surface area contributed by atoms with Crippen LogP contribution in [0.2, 0.25) is 0 Å². The van der Waals surface area contributed by atoms with E-state index in [0.717, 1.165) is 12.1 Å². The molecular weight excluding hydrogens is 321 g/mol. The van der Waals surface area contributed by atoms with Crippen LogP contribution in [0.15, 0.2) is 40.9 Å². The smallest absolute Gasteiger partial charge is 0.137 e. The molecule has 1 atom stereocenters. The van der Waals surface area contributed by atoms with Crippen LogP contribution >= 0.6 is 15.9 Å². The first kappa shape index (κ1) is 14.1. The van der Waals surface area contributed by atoms with Crippen LogP contribution in [0.1, 0.15) is 17.2 Å². The van der Waals surface area contributed by atoms with Crippen LogP contribution in [0.4, 0.5) is 13.2 Å². The maximum atomic E-state index is 13.4. The molecule has 0 aliphatic rings. The first-order valence-corrected chi connectivity index (χ1v) is 6.33. The van der Waals surface area contributed by atoms with Gasteiger partial charge < -0.3 is 5.11 Å². The lowest BCUT2D eigenvalue weighted by atomic mass is 10.0. The molecule has 100 valence electrons. The lowest BCUT2D eigenvalue weighted by Crippen LogP contribution is -2.04. The number of aliphatic hydroxyl groups is 1. The number of aliphatic hydroxyl groups excluding tert-OH is 1. The summed E-state index contributed by atoms with van der Waals surface area (Å²) in [4.78, 5) is 0. The van der Waals surface area contributed by atoms with Crippen LogP contribution in [0.25, 0.3) is 0 Å². The number of hydrogen-bond acceptors (Lipinski definition) is 1. The van der Waals surface area contributed by atoms with Crippen molar-refractivity contribution in [2.75, 3.05) is 0 Å². The number of rotatable bonds is 3. The van der Waals surface area contributed by atoms with Gasteiger partial charge >= 0.3 is 0 Å². The van der Waals surface area contributed by atoms with E-state index in [0.29, 0.717) is 5.56 Å². The van der Waals surface area contributed by atoms with Crippen molar-refractivity contribution < 1.29 is 18.3 Å². The summed E-state index contributed by atoms with van der Waals surface area (Å²) in [5.41, 5.74) is 0.659. The molecule has 0 aliphatic carbocycles. The fraction of sp³-hybridized carbons (Fsp3) is 0.143. The summed E-state index contributed by atoms with van der Waals surface area (Å²) >= 11 is 3.01. The molecule has 0 saturated heterocycles. The summed E-state index contributed by atoms with van der Waals surface area (Å²) in [6.45, 7) is 0. The Morgan fingerprint density at radius 2 is 1.74 bits per heavy atom. The predicted molar refractivity (Wildman–Crippen MR) is 69.1 cm³/mol. The van der Waals surface area contributed by atoms with Crippen molar-refractivity contribution in [1.82, 2.24) is 0 Å². The van der Waals surface area contributed by atoms with Crippen LogP contribution in [-0.2, 0) is 6.42 Å². The normalized spacial score (nSPS) is 12.5. The summed E-state index contributed by atoms with van der Waals surface area (Å²) in [5.74, 6) is -1.82. The fourth-order valence-electron chi connectivity index (χ4n) is 1.73. The molecule has 0 aliphatic heterocycles. The van der Waals surface area contributed by atoms with E-state index < -0.39 is 23.6 Å². The molecule has 1 unspecified atom stereocenters. The van der Waals surface area contributed by atoms with Crippen molar-refractivity contribution >= 4 is 15.9 Å². The average molecular weight is 331 g/mol. The third kappa shape index (κ3) is 3.36. The molecule has 0 aromatic heterocycles. The van der Waals surface area contributed by atoms with E-state index in [2.05, 4.69) is 15.9 Å². The van der Waals surface area contributed by atoms with Gasteiger partial charge in [-0.25, -0.2) is 13.2 Å². The molecule has 0 radical (unpaired) electrons. The number of hydrogen-bond donors (Lipinski definition) is 1. The second-order valence-corrected chi connectivity index (χ2v) is 4.98. The molecule has 5 heteroatoms. The quantitative estimate of drug-likeness (QED) is 0.896. The molecule has 1 N–H and O–H groups in total. The number of halogens is 4. The second-order valence-electron chi connectivity index (χ2n) is 4.13. The largest absolute Gasteiger partial charge is 0.388 e. The van der Waals surface area contributed by atoms with E-state index in [-0.39, 0.29) is 16.5 Å². The van der Waals surface area contributed by atoms with E-state index in [4.69, 9.17) is 0 Å². The van der Waals surface area contributed by atoms with Gasteiger partial charge in [0.05, 0.1) is 10.6 Å². The standard InChI is InChI=1S/C14H10BrF3O/c15-11-5-9(2-4-12(11)17)14(19)6-8-1-3-10(16)7-13(8)18/h1-5,7,14,19H,6H2. The SMILES string of the molecule is OC(Cc1ccc(F)cc1F)c1ccc(F)c(Br)c1. The summed E-state index contributed by atoms with van der Waals surface area (Å²) < 4.78 is 39.5. The van der Waals surface area contributed by atoms with Crippen molar-refractivity contribution in [3.05, 3.63) is 69.4 Å². The molecule has 1 nitrogen and oxygen atoms in total. The molecule has 0 amide bonds. The molecule has 0 fully saturated rings. The average Bonchev–Trinajstić information content (AvgIpc) is 2.36. The zero-order valence-electron chi connectivity index (χ0n) is 9.71. The Morgan fingerprint density at radius 3 is 2.37 bits per heavy atom. The monoisotopic (exact) mass is 330 g/mol. The third-order valence-electron chi connectivity index (χ3n) is 2.76. The predicted octanol–water partition coefficient (Wildman–Crippen LogP) is 4.14. The summed E-state index contributed by atoms with van der Waals surface area (Å²) in [6, 6.07) is 7.25. The van der Waals surface area contributed by atoms with Gasteiger partial charge in [0.15, 0.2) is 0 Å². The highest BCUT2D eigenvalue weighted by atomic mass is 79.9. The zero-order valence-corrected chi connectivity index (χ0v) is 11.3. The maximum absolute atomic E-state index is 13.4. The van der Waals surface area contributed by atoms with Gasteiger partial charge in [0.1, 0.15) is 17.5 Å². The lowest BCUT2D eigenvalue weighted by Gasteiger charge is -2.12. The minimum atomic E-state index is -0.989.